The zero-order valence-corrected chi connectivity index (χ0v) is 12.9. The average Bonchev–Trinajstić information content (AvgIpc) is 2.91. The molecule has 2 aliphatic heterocycles. The largest absolute Gasteiger partial charge is 0.373 e. The average molecular weight is 292 g/mol. The highest BCUT2D eigenvalue weighted by Crippen LogP contribution is 2.23. The number of carbonyl (C=O) groups is 1. The highest BCUT2D eigenvalue weighted by atomic mass is 16.5. The molecule has 0 unspecified atom stereocenters. The number of fused-ring (bicyclic) bond motifs is 1. The maximum Gasteiger partial charge on any atom is 0.227 e. The first-order valence-corrected chi connectivity index (χ1v) is 7.78. The topological polar surface area (TPSA) is 50.6 Å². The molecule has 0 radical (unpaired) electrons. The number of carbonyl (C=O) groups excluding carboxylic acids is 1. The highest BCUT2D eigenvalue weighted by molar-refractivity contribution is 5.79. The number of likely N-dealkylation sites (N-methyl/N-ethyl adjacent to an activating group) is 1. The Hall–Kier alpha value is -1.40. The summed E-state index contributed by atoms with van der Waals surface area (Å²) < 4.78 is 7.64. The van der Waals surface area contributed by atoms with Gasteiger partial charge < -0.3 is 14.5 Å². The van der Waals surface area contributed by atoms with Gasteiger partial charge in [0.1, 0.15) is 0 Å². The van der Waals surface area contributed by atoms with Gasteiger partial charge in [0.15, 0.2) is 0 Å². The molecule has 0 aromatic carbocycles. The Balaban J connectivity index is 1.65. The molecule has 0 spiro atoms. The molecule has 2 atom stereocenters. The third kappa shape index (κ3) is 3.11. The third-order valence-corrected chi connectivity index (χ3v) is 4.55. The van der Waals surface area contributed by atoms with Gasteiger partial charge in [-0.3, -0.25) is 9.48 Å². The summed E-state index contributed by atoms with van der Waals surface area (Å²) in [4.78, 5) is 17.0. The maximum atomic E-state index is 12.6. The van der Waals surface area contributed by atoms with E-state index in [-0.39, 0.29) is 18.1 Å². The molecule has 0 N–H and O–H groups in total. The van der Waals surface area contributed by atoms with Crippen LogP contribution >= 0.6 is 0 Å². The van der Waals surface area contributed by atoms with Crippen molar-refractivity contribution in [3.63, 3.8) is 0 Å². The number of ether oxygens (including phenoxy) is 1. The summed E-state index contributed by atoms with van der Waals surface area (Å²) in [7, 11) is 1.87. The van der Waals surface area contributed by atoms with Crippen molar-refractivity contribution in [2.75, 3.05) is 32.8 Å². The predicted octanol–water partition coefficient (Wildman–Crippen LogP) is 0.284. The van der Waals surface area contributed by atoms with E-state index in [2.05, 4.69) is 16.9 Å². The second-order valence-corrected chi connectivity index (χ2v) is 5.94. The summed E-state index contributed by atoms with van der Waals surface area (Å²) in [5, 5.41) is 4.13. The van der Waals surface area contributed by atoms with Gasteiger partial charge in [0, 0.05) is 32.9 Å². The first-order valence-electron chi connectivity index (χ1n) is 7.78. The van der Waals surface area contributed by atoms with E-state index in [1.165, 1.54) is 0 Å². The standard InChI is InChI=1S/C15H24N4O2/c1-3-18-5-4-13-14(11-18)21-7-6-19(13)15(20)8-12-9-16-17(2)10-12/h9-10,13-14H,3-8,11H2,1-2H3/t13-,14-/m0/s1. The van der Waals surface area contributed by atoms with Crippen LogP contribution in [0, 0.1) is 0 Å². The lowest BCUT2D eigenvalue weighted by Crippen LogP contribution is -2.60. The van der Waals surface area contributed by atoms with Crippen LogP contribution in [-0.4, -0.2) is 70.4 Å². The molecule has 1 aromatic heterocycles. The predicted molar refractivity (Wildman–Crippen MR) is 78.9 cm³/mol. The Morgan fingerprint density at radius 3 is 3.05 bits per heavy atom. The lowest BCUT2D eigenvalue weighted by Gasteiger charge is -2.46. The molecule has 1 aromatic rings. The van der Waals surface area contributed by atoms with E-state index in [1.807, 2.05) is 18.1 Å². The van der Waals surface area contributed by atoms with Gasteiger partial charge >= 0.3 is 0 Å². The van der Waals surface area contributed by atoms with Crippen LogP contribution in [0.15, 0.2) is 12.4 Å². The number of aromatic nitrogens is 2. The molecule has 0 bridgehead atoms. The minimum Gasteiger partial charge on any atom is -0.373 e. The minimum atomic E-state index is 0.172. The normalized spacial score (nSPS) is 26.7. The summed E-state index contributed by atoms with van der Waals surface area (Å²) in [6.45, 7) is 6.59. The molecule has 116 valence electrons. The molecule has 6 heteroatoms. The molecule has 21 heavy (non-hydrogen) atoms. The van der Waals surface area contributed by atoms with Crippen LogP contribution in [0.3, 0.4) is 0 Å². The van der Waals surface area contributed by atoms with E-state index in [4.69, 9.17) is 4.74 Å². The van der Waals surface area contributed by atoms with Crippen LogP contribution in [0.5, 0.6) is 0 Å². The lowest BCUT2D eigenvalue weighted by molar-refractivity contribution is -0.151. The van der Waals surface area contributed by atoms with Crippen LogP contribution < -0.4 is 0 Å². The summed E-state index contributed by atoms with van der Waals surface area (Å²) in [6.07, 6.45) is 5.31. The number of likely N-dealkylation sites (tertiary alicyclic amines) is 1. The van der Waals surface area contributed by atoms with E-state index in [0.717, 1.165) is 31.6 Å². The molecular weight excluding hydrogens is 268 g/mol. The third-order valence-electron chi connectivity index (χ3n) is 4.55. The molecule has 2 aliphatic rings. The number of rotatable bonds is 3. The van der Waals surface area contributed by atoms with Crippen molar-refractivity contribution in [2.45, 2.75) is 31.9 Å². The fourth-order valence-electron chi connectivity index (χ4n) is 3.39. The Morgan fingerprint density at radius 2 is 2.33 bits per heavy atom. The zero-order chi connectivity index (χ0) is 14.8. The fourth-order valence-corrected chi connectivity index (χ4v) is 3.39. The van der Waals surface area contributed by atoms with Gasteiger partial charge in [-0.1, -0.05) is 6.92 Å². The van der Waals surface area contributed by atoms with Gasteiger partial charge in [0.25, 0.3) is 0 Å². The van der Waals surface area contributed by atoms with Crippen molar-refractivity contribution in [3.8, 4) is 0 Å². The number of hydrogen-bond acceptors (Lipinski definition) is 4. The van der Waals surface area contributed by atoms with Crippen LogP contribution in [0.25, 0.3) is 0 Å². The van der Waals surface area contributed by atoms with Gasteiger partial charge in [-0.2, -0.15) is 5.10 Å². The van der Waals surface area contributed by atoms with Crippen molar-refractivity contribution in [2.24, 2.45) is 7.05 Å². The molecule has 3 rings (SSSR count). The number of aryl methyl sites for hydroxylation is 1. The quantitative estimate of drug-likeness (QED) is 0.803. The van der Waals surface area contributed by atoms with Crippen molar-refractivity contribution < 1.29 is 9.53 Å². The molecule has 2 saturated heterocycles. The van der Waals surface area contributed by atoms with Crippen LogP contribution in [0.2, 0.25) is 0 Å². The minimum absolute atomic E-state index is 0.172. The zero-order valence-electron chi connectivity index (χ0n) is 12.9. The van der Waals surface area contributed by atoms with E-state index in [9.17, 15) is 4.79 Å². The van der Waals surface area contributed by atoms with Gasteiger partial charge in [-0.15, -0.1) is 0 Å². The molecule has 3 heterocycles. The lowest BCUT2D eigenvalue weighted by atomic mass is 9.97. The second-order valence-electron chi connectivity index (χ2n) is 5.94. The first-order chi connectivity index (χ1) is 10.2. The number of hydrogen-bond donors (Lipinski definition) is 0. The summed E-state index contributed by atoms with van der Waals surface area (Å²) >= 11 is 0. The summed E-state index contributed by atoms with van der Waals surface area (Å²) in [5.74, 6) is 0.200. The Morgan fingerprint density at radius 1 is 1.48 bits per heavy atom. The smallest absolute Gasteiger partial charge is 0.227 e. The van der Waals surface area contributed by atoms with E-state index in [0.29, 0.717) is 19.6 Å². The van der Waals surface area contributed by atoms with E-state index < -0.39 is 0 Å². The summed E-state index contributed by atoms with van der Waals surface area (Å²) in [6, 6.07) is 0.241. The van der Waals surface area contributed by atoms with Crippen molar-refractivity contribution in [1.82, 2.24) is 19.6 Å². The first kappa shape index (κ1) is 14.5. The second kappa shape index (κ2) is 6.15. The molecule has 2 fully saturated rings. The van der Waals surface area contributed by atoms with Gasteiger partial charge in [-0.05, 0) is 18.5 Å². The van der Waals surface area contributed by atoms with Crippen LogP contribution in [0.1, 0.15) is 18.9 Å². The Bertz CT molecular complexity index is 502. The van der Waals surface area contributed by atoms with Crippen LogP contribution in [-0.2, 0) is 23.0 Å². The maximum absolute atomic E-state index is 12.6. The van der Waals surface area contributed by atoms with E-state index in [1.54, 1.807) is 10.9 Å². The number of piperidine rings is 1. The Kier molecular flexibility index (Phi) is 4.26. The number of amides is 1. The van der Waals surface area contributed by atoms with Gasteiger partial charge in [-0.25, -0.2) is 0 Å². The SMILES string of the molecule is CCN1CC[C@H]2[C@H](C1)OCCN2C(=O)Cc1cnn(C)c1. The summed E-state index contributed by atoms with van der Waals surface area (Å²) in [5.41, 5.74) is 0.983. The molecule has 1 amide bonds. The molecular formula is C15H24N4O2. The molecule has 0 saturated carbocycles. The molecule has 6 nitrogen and oxygen atoms in total. The van der Waals surface area contributed by atoms with E-state index >= 15 is 0 Å². The van der Waals surface area contributed by atoms with Crippen molar-refractivity contribution in [1.29, 1.82) is 0 Å². The fraction of sp³-hybridized carbons (Fsp3) is 0.733. The van der Waals surface area contributed by atoms with Crippen molar-refractivity contribution in [3.05, 3.63) is 18.0 Å². The highest BCUT2D eigenvalue weighted by Gasteiger charge is 2.38. The number of nitrogens with zero attached hydrogens (tertiary/aromatic N) is 4. The molecule has 0 aliphatic carbocycles. The monoisotopic (exact) mass is 292 g/mol. The van der Waals surface area contributed by atoms with Crippen LogP contribution in [0.4, 0.5) is 0 Å². The van der Waals surface area contributed by atoms with Gasteiger partial charge in [0.05, 0.1) is 31.4 Å². The number of morpholine rings is 1. The van der Waals surface area contributed by atoms with Crippen molar-refractivity contribution >= 4 is 5.91 Å². The van der Waals surface area contributed by atoms with Gasteiger partial charge in [0.2, 0.25) is 5.91 Å². The Labute approximate surface area is 125 Å².